The summed E-state index contributed by atoms with van der Waals surface area (Å²) in [6.45, 7) is -0.101. The Bertz CT molecular complexity index is 929. The summed E-state index contributed by atoms with van der Waals surface area (Å²) >= 11 is 0.732. The molecule has 2 saturated heterocycles. The second kappa shape index (κ2) is 7.81. The van der Waals surface area contributed by atoms with Crippen molar-refractivity contribution in [1.82, 2.24) is 10.2 Å². The highest BCUT2D eigenvalue weighted by atomic mass is 32.2. The fourth-order valence-electron chi connectivity index (χ4n) is 2.86. The molecule has 0 spiro atoms. The molecule has 3 amide bonds. The average molecular weight is 412 g/mol. The average Bonchev–Trinajstić information content (AvgIpc) is 3.05. The number of imide groups is 1. The number of amides is 3. The fourth-order valence-corrected chi connectivity index (χ4v) is 5.40. The van der Waals surface area contributed by atoms with E-state index < -0.39 is 38.7 Å². The van der Waals surface area contributed by atoms with Crippen LogP contribution in [-0.4, -0.2) is 54.5 Å². The zero-order valence-electron chi connectivity index (χ0n) is 14.2. The molecule has 1 N–H and O–H groups in total. The van der Waals surface area contributed by atoms with Gasteiger partial charge in [0, 0.05) is 19.0 Å². The SMILES string of the molecule is O=C(CCN1C(=O)S/C(=C\c2cccc(F)c2)C1=O)N[C@@H]1CCS(=O)(=O)C1. The molecule has 1 aromatic rings. The topological polar surface area (TPSA) is 101 Å². The van der Waals surface area contributed by atoms with Gasteiger partial charge in [0.05, 0.1) is 16.4 Å². The molecule has 0 bridgehead atoms. The van der Waals surface area contributed by atoms with Crippen molar-refractivity contribution in [2.75, 3.05) is 18.1 Å². The largest absolute Gasteiger partial charge is 0.352 e. The molecule has 1 atom stereocenters. The van der Waals surface area contributed by atoms with Crippen molar-refractivity contribution in [3.8, 4) is 0 Å². The third kappa shape index (κ3) is 4.95. The lowest BCUT2D eigenvalue weighted by atomic mass is 10.2. The van der Waals surface area contributed by atoms with Gasteiger partial charge in [-0.2, -0.15) is 0 Å². The molecule has 0 aliphatic carbocycles. The molecule has 10 heteroatoms. The van der Waals surface area contributed by atoms with Crippen molar-refractivity contribution < 1.29 is 27.2 Å². The van der Waals surface area contributed by atoms with Crippen LogP contribution in [0.1, 0.15) is 18.4 Å². The minimum atomic E-state index is -3.10. The molecule has 0 saturated carbocycles. The van der Waals surface area contributed by atoms with E-state index in [-0.39, 0.29) is 29.4 Å². The van der Waals surface area contributed by atoms with Gasteiger partial charge in [-0.15, -0.1) is 0 Å². The van der Waals surface area contributed by atoms with Gasteiger partial charge in [0.1, 0.15) is 5.82 Å². The second-order valence-electron chi connectivity index (χ2n) is 6.31. The molecular formula is C17H17FN2O5S2. The molecule has 144 valence electrons. The van der Waals surface area contributed by atoms with E-state index in [9.17, 15) is 27.2 Å². The van der Waals surface area contributed by atoms with Gasteiger partial charge in [-0.25, -0.2) is 12.8 Å². The number of benzene rings is 1. The fraction of sp³-hybridized carbons (Fsp3) is 0.353. The van der Waals surface area contributed by atoms with Crippen molar-refractivity contribution >= 4 is 44.7 Å². The Labute approximate surface area is 159 Å². The number of hydrogen-bond donors (Lipinski definition) is 1. The van der Waals surface area contributed by atoms with Crippen molar-refractivity contribution in [1.29, 1.82) is 0 Å². The zero-order valence-corrected chi connectivity index (χ0v) is 15.8. The standard InChI is InChI=1S/C17H17FN2O5S2/c18-12-3-1-2-11(8-12)9-14-16(22)20(17(23)26-14)6-4-15(21)19-13-5-7-27(24,25)10-13/h1-3,8-9,13H,4-7,10H2,(H,19,21)/b14-9-/t13-/m1/s1. The summed E-state index contributed by atoms with van der Waals surface area (Å²) in [4.78, 5) is 37.5. The van der Waals surface area contributed by atoms with Crippen LogP contribution in [-0.2, 0) is 19.4 Å². The van der Waals surface area contributed by atoms with Gasteiger partial charge in [0.2, 0.25) is 5.91 Å². The van der Waals surface area contributed by atoms with Crippen LogP contribution in [0.25, 0.3) is 6.08 Å². The number of hydrogen-bond acceptors (Lipinski definition) is 6. The molecule has 2 heterocycles. The molecular weight excluding hydrogens is 395 g/mol. The minimum absolute atomic E-state index is 0.0475. The summed E-state index contributed by atoms with van der Waals surface area (Å²) in [5.74, 6) is -1.44. The van der Waals surface area contributed by atoms with Gasteiger partial charge < -0.3 is 5.32 Å². The van der Waals surface area contributed by atoms with E-state index in [1.54, 1.807) is 6.07 Å². The number of sulfone groups is 1. The Morgan fingerprint density at radius 1 is 1.37 bits per heavy atom. The molecule has 0 radical (unpaired) electrons. The van der Waals surface area contributed by atoms with Crippen molar-refractivity contribution in [2.45, 2.75) is 18.9 Å². The van der Waals surface area contributed by atoms with Crippen LogP contribution in [0.15, 0.2) is 29.2 Å². The molecule has 7 nitrogen and oxygen atoms in total. The normalized spacial score (nSPS) is 23.2. The van der Waals surface area contributed by atoms with E-state index >= 15 is 0 Å². The van der Waals surface area contributed by atoms with E-state index in [0.717, 1.165) is 16.7 Å². The number of nitrogens with zero attached hydrogens (tertiary/aromatic N) is 1. The van der Waals surface area contributed by atoms with Gasteiger partial charge in [-0.05, 0) is 42.0 Å². The highest BCUT2D eigenvalue weighted by molar-refractivity contribution is 8.18. The Balaban J connectivity index is 1.57. The molecule has 2 aliphatic rings. The number of rotatable bonds is 5. The van der Waals surface area contributed by atoms with Crippen LogP contribution >= 0.6 is 11.8 Å². The van der Waals surface area contributed by atoms with Crippen LogP contribution in [0.3, 0.4) is 0 Å². The summed E-state index contributed by atoms with van der Waals surface area (Å²) in [6.07, 6.45) is 1.69. The number of nitrogens with one attached hydrogen (secondary N) is 1. The summed E-state index contributed by atoms with van der Waals surface area (Å²) in [5.41, 5.74) is 0.459. The van der Waals surface area contributed by atoms with Gasteiger partial charge >= 0.3 is 0 Å². The zero-order chi connectivity index (χ0) is 19.6. The van der Waals surface area contributed by atoms with Crippen molar-refractivity contribution in [2.24, 2.45) is 0 Å². The highest BCUT2D eigenvalue weighted by Gasteiger charge is 2.35. The van der Waals surface area contributed by atoms with E-state index in [1.807, 2.05) is 0 Å². The number of carbonyl (C=O) groups is 3. The maximum atomic E-state index is 13.2. The van der Waals surface area contributed by atoms with Gasteiger partial charge in [0.15, 0.2) is 9.84 Å². The summed E-state index contributed by atoms with van der Waals surface area (Å²) in [5, 5.41) is 2.11. The molecule has 2 aliphatic heterocycles. The van der Waals surface area contributed by atoms with E-state index in [1.165, 1.54) is 24.3 Å². The van der Waals surface area contributed by atoms with Gasteiger partial charge in [-0.1, -0.05) is 12.1 Å². The first-order chi connectivity index (χ1) is 12.7. The van der Waals surface area contributed by atoms with Crippen LogP contribution < -0.4 is 5.32 Å². The third-order valence-corrected chi connectivity index (χ3v) is 6.86. The van der Waals surface area contributed by atoms with Crippen LogP contribution in [0.4, 0.5) is 9.18 Å². The Morgan fingerprint density at radius 3 is 2.81 bits per heavy atom. The third-order valence-electron chi connectivity index (χ3n) is 4.18. The lowest BCUT2D eigenvalue weighted by Crippen LogP contribution is -2.38. The maximum Gasteiger partial charge on any atom is 0.293 e. The first kappa shape index (κ1) is 19.6. The van der Waals surface area contributed by atoms with E-state index in [0.29, 0.717) is 12.0 Å². The molecule has 27 heavy (non-hydrogen) atoms. The quantitative estimate of drug-likeness (QED) is 0.737. The molecule has 0 unspecified atom stereocenters. The number of thioether (sulfide) groups is 1. The van der Waals surface area contributed by atoms with Crippen molar-refractivity contribution in [3.05, 3.63) is 40.6 Å². The Hall–Kier alpha value is -2.20. The molecule has 3 rings (SSSR count). The predicted octanol–water partition coefficient (Wildman–Crippen LogP) is 1.56. The minimum Gasteiger partial charge on any atom is -0.352 e. The predicted molar refractivity (Wildman–Crippen MR) is 98.9 cm³/mol. The van der Waals surface area contributed by atoms with Crippen molar-refractivity contribution in [3.63, 3.8) is 0 Å². The second-order valence-corrected chi connectivity index (χ2v) is 9.53. The van der Waals surface area contributed by atoms with Crippen LogP contribution in [0, 0.1) is 5.82 Å². The molecule has 1 aromatic carbocycles. The van der Waals surface area contributed by atoms with Gasteiger partial charge in [-0.3, -0.25) is 19.3 Å². The van der Waals surface area contributed by atoms with Crippen LogP contribution in [0.5, 0.6) is 0 Å². The van der Waals surface area contributed by atoms with Gasteiger partial charge in [0.25, 0.3) is 11.1 Å². The summed E-state index contributed by atoms with van der Waals surface area (Å²) in [6, 6.07) is 5.21. The maximum absolute atomic E-state index is 13.2. The summed E-state index contributed by atoms with van der Waals surface area (Å²) in [7, 11) is -3.10. The summed E-state index contributed by atoms with van der Waals surface area (Å²) < 4.78 is 36.0. The molecule has 0 aromatic heterocycles. The van der Waals surface area contributed by atoms with E-state index in [2.05, 4.69) is 5.32 Å². The lowest BCUT2D eigenvalue weighted by Gasteiger charge is -2.14. The lowest BCUT2D eigenvalue weighted by molar-refractivity contribution is -0.124. The number of carbonyl (C=O) groups excluding carboxylic acids is 3. The Morgan fingerprint density at radius 2 is 2.15 bits per heavy atom. The van der Waals surface area contributed by atoms with E-state index in [4.69, 9.17) is 0 Å². The first-order valence-corrected chi connectivity index (χ1v) is 10.9. The monoisotopic (exact) mass is 412 g/mol. The first-order valence-electron chi connectivity index (χ1n) is 8.24. The highest BCUT2D eigenvalue weighted by Crippen LogP contribution is 2.32. The number of halogens is 1. The van der Waals surface area contributed by atoms with Crippen LogP contribution in [0.2, 0.25) is 0 Å². The smallest absolute Gasteiger partial charge is 0.293 e. The molecule has 2 fully saturated rings. The Kier molecular flexibility index (Phi) is 5.66.